The molecule has 1 aliphatic rings. The van der Waals surface area contributed by atoms with E-state index in [1.807, 2.05) is 6.07 Å². The first-order valence-electron chi connectivity index (χ1n) is 7.17. The SMILES string of the molecule is CN(C)C(=O)c1cc(N2CCCN(S(C)(=O)=O)CC2)ccn1. The van der Waals surface area contributed by atoms with Crippen LogP contribution in [0.3, 0.4) is 0 Å². The standard InChI is InChI=1S/C14H22N4O3S/c1-16(2)14(19)13-11-12(5-6-15-13)17-7-4-8-18(10-9-17)22(3,20)21/h5-6,11H,4,7-10H2,1-3H3. The van der Waals surface area contributed by atoms with Gasteiger partial charge in [-0.15, -0.1) is 0 Å². The van der Waals surface area contributed by atoms with Crippen LogP contribution in [-0.4, -0.2) is 75.0 Å². The van der Waals surface area contributed by atoms with Crippen molar-refractivity contribution < 1.29 is 13.2 Å². The molecule has 0 aliphatic carbocycles. The van der Waals surface area contributed by atoms with Crippen molar-refractivity contribution in [3.05, 3.63) is 24.0 Å². The first-order valence-corrected chi connectivity index (χ1v) is 9.01. The molecular formula is C14H22N4O3S. The highest BCUT2D eigenvalue weighted by atomic mass is 32.2. The van der Waals surface area contributed by atoms with Crippen LogP contribution in [0.4, 0.5) is 5.69 Å². The van der Waals surface area contributed by atoms with E-state index in [0.29, 0.717) is 25.3 Å². The Morgan fingerprint density at radius 1 is 1.23 bits per heavy atom. The smallest absolute Gasteiger partial charge is 0.272 e. The van der Waals surface area contributed by atoms with Crippen molar-refractivity contribution in [2.75, 3.05) is 51.4 Å². The van der Waals surface area contributed by atoms with Gasteiger partial charge in [0.2, 0.25) is 10.0 Å². The highest BCUT2D eigenvalue weighted by Gasteiger charge is 2.22. The third kappa shape index (κ3) is 3.95. The molecule has 22 heavy (non-hydrogen) atoms. The van der Waals surface area contributed by atoms with Gasteiger partial charge in [0.05, 0.1) is 6.26 Å². The van der Waals surface area contributed by atoms with Crippen molar-refractivity contribution in [1.29, 1.82) is 0 Å². The van der Waals surface area contributed by atoms with Crippen LogP contribution in [0.5, 0.6) is 0 Å². The Bertz CT molecular complexity index is 645. The van der Waals surface area contributed by atoms with Crippen molar-refractivity contribution in [2.24, 2.45) is 0 Å². The molecule has 0 bridgehead atoms. The van der Waals surface area contributed by atoms with E-state index in [9.17, 15) is 13.2 Å². The zero-order valence-corrected chi connectivity index (χ0v) is 14.0. The molecule has 0 atom stereocenters. The van der Waals surface area contributed by atoms with E-state index in [2.05, 4.69) is 9.88 Å². The molecule has 7 nitrogen and oxygen atoms in total. The molecule has 1 amide bonds. The van der Waals surface area contributed by atoms with E-state index in [0.717, 1.165) is 18.7 Å². The van der Waals surface area contributed by atoms with Crippen molar-refractivity contribution in [3.63, 3.8) is 0 Å². The molecule has 1 saturated heterocycles. The van der Waals surface area contributed by atoms with Crippen molar-refractivity contribution in [3.8, 4) is 0 Å². The normalized spacial score (nSPS) is 17.1. The Labute approximate surface area is 131 Å². The van der Waals surface area contributed by atoms with Gasteiger partial charge in [-0.25, -0.2) is 12.7 Å². The highest BCUT2D eigenvalue weighted by molar-refractivity contribution is 7.88. The number of carbonyl (C=O) groups excluding carboxylic acids is 1. The number of amides is 1. The third-order valence-corrected chi connectivity index (χ3v) is 4.96. The van der Waals surface area contributed by atoms with Crippen LogP contribution < -0.4 is 4.90 Å². The summed E-state index contributed by atoms with van der Waals surface area (Å²) >= 11 is 0. The van der Waals surface area contributed by atoms with Crippen LogP contribution in [0.1, 0.15) is 16.9 Å². The predicted molar refractivity (Wildman–Crippen MR) is 85.5 cm³/mol. The van der Waals surface area contributed by atoms with E-state index in [4.69, 9.17) is 0 Å². The number of anilines is 1. The van der Waals surface area contributed by atoms with E-state index in [1.54, 1.807) is 26.4 Å². The number of sulfonamides is 1. The molecule has 0 radical (unpaired) electrons. The van der Waals surface area contributed by atoms with Gasteiger partial charge in [-0.1, -0.05) is 0 Å². The van der Waals surface area contributed by atoms with E-state index in [-0.39, 0.29) is 5.91 Å². The van der Waals surface area contributed by atoms with Crippen molar-refractivity contribution >= 4 is 21.6 Å². The Kier molecular flexibility index (Phi) is 5.02. The second-order valence-electron chi connectivity index (χ2n) is 5.60. The lowest BCUT2D eigenvalue weighted by molar-refractivity contribution is 0.0822. The summed E-state index contributed by atoms with van der Waals surface area (Å²) in [5.41, 5.74) is 1.29. The summed E-state index contributed by atoms with van der Waals surface area (Å²) in [6.45, 7) is 2.35. The number of nitrogens with zero attached hydrogens (tertiary/aromatic N) is 4. The molecule has 1 aromatic heterocycles. The van der Waals surface area contributed by atoms with Crippen LogP contribution in [0, 0.1) is 0 Å². The molecule has 8 heteroatoms. The van der Waals surface area contributed by atoms with Gasteiger partial charge in [0.1, 0.15) is 5.69 Å². The fourth-order valence-corrected chi connectivity index (χ4v) is 3.32. The third-order valence-electron chi connectivity index (χ3n) is 3.66. The summed E-state index contributed by atoms with van der Waals surface area (Å²) in [6.07, 6.45) is 3.61. The maximum Gasteiger partial charge on any atom is 0.272 e. The topological polar surface area (TPSA) is 73.8 Å². The van der Waals surface area contributed by atoms with Crippen LogP contribution in [0.25, 0.3) is 0 Å². The molecule has 0 unspecified atom stereocenters. The second-order valence-corrected chi connectivity index (χ2v) is 7.58. The van der Waals surface area contributed by atoms with Gasteiger partial charge in [0.15, 0.2) is 0 Å². The highest BCUT2D eigenvalue weighted by Crippen LogP contribution is 2.18. The molecule has 0 aromatic carbocycles. The first kappa shape index (κ1) is 16.7. The molecule has 0 spiro atoms. The number of rotatable bonds is 3. The quantitative estimate of drug-likeness (QED) is 0.796. The lowest BCUT2D eigenvalue weighted by atomic mass is 10.2. The number of pyridine rings is 1. The number of carbonyl (C=O) groups is 1. The van der Waals surface area contributed by atoms with Crippen molar-refractivity contribution in [2.45, 2.75) is 6.42 Å². The van der Waals surface area contributed by atoms with Gasteiger partial charge < -0.3 is 9.80 Å². The summed E-state index contributed by atoms with van der Waals surface area (Å²) in [6, 6.07) is 3.61. The fraction of sp³-hybridized carbons (Fsp3) is 0.571. The number of hydrogen-bond acceptors (Lipinski definition) is 5. The van der Waals surface area contributed by atoms with Crippen LogP contribution >= 0.6 is 0 Å². The van der Waals surface area contributed by atoms with Gasteiger partial charge in [0, 0.05) is 52.2 Å². The number of aromatic nitrogens is 1. The van der Waals surface area contributed by atoms with Gasteiger partial charge in [0.25, 0.3) is 5.91 Å². The monoisotopic (exact) mass is 326 g/mol. The molecule has 0 saturated carbocycles. The van der Waals surface area contributed by atoms with Crippen molar-refractivity contribution in [1.82, 2.24) is 14.2 Å². The summed E-state index contributed by atoms with van der Waals surface area (Å²) in [5.74, 6) is -0.144. The van der Waals surface area contributed by atoms with E-state index in [1.165, 1.54) is 15.5 Å². The molecule has 2 heterocycles. The van der Waals surface area contributed by atoms with E-state index < -0.39 is 10.0 Å². The lowest BCUT2D eigenvalue weighted by Gasteiger charge is -2.23. The minimum atomic E-state index is -3.15. The lowest BCUT2D eigenvalue weighted by Crippen LogP contribution is -2.34. The Morgan fingerprint density at radius 3 is 2.59 bits per heavy atom. The molecule has 1 fully saturated rings. The summed E-state index contributed by atoms with van der Waals surface area (Å²) in [7, 11) is 0.220. The molecule has 0 N–H and O–H groups in total. The largest absolute Gasteiger partial charge is 0.370 e. The molecule has 2 rings (SSSR count). The zero-order valence-electron chi connectivity index (χ0n) is 13.2. The van der Waals surface area contributed by atoms with Gasteiger partial charge >= 0.3 is 0 Å². The van der Waals surface area contributed by atoms with Gasteiger partial charge in [-0.3, -0.25) is 9.78 Å². The van der Waals surface area contributed by atoms with Gasteiger partial charge in [-0.05, 0) is 18.6 Å². The van der Waals surface area contributed by atoms with Gasteiger partial charge in [-0.2, -0.15) is 0 Å². The average molecular weight is 326 g/mol. The summed E-state index contributed by atoms with van der Waals surface area (Å²) < 4.78 is 24.8. The average Bonchev–Trinajstić information content (AvgIpc) is 2.72. The molecule has 1 aromatic rings. The zero-order chi connectivity index (χ0) is 16.3. The van der Waals surface area contributed by atoms with E-state index >= 15 is 0 Å². The number of hydrogen-bond donors (Lipinski definition) is 0. The second kappa shape index (κ2) is 6.62. The predicted octanol–water partition coefficient (Wildman–Crippen LogP) is 0.255. The summed E-state index contributed by atoms with van der Waals surface area (Å²) in [4.78, 5) is 19.7. The van der Waals surface area contributed by atoms with Crippen LogP contribution in [0.2, 0.25) is 0 Å². The molecular weight excluding hydrogens is 304 g/mol. The van der Waals surface area contributed by atoms with Crippen LogP contribution in [0.15, 0.2) is 18.3 Å². The Balaban J connectivity index is 2.15. The minimum absolute atomic E-state index is 0.144. The Hall–Kier alpha value is -1.67. The molecule has 122 valence electrons. The maximum atomic E-state index is 12.0. The summed E-state index contributed by atoms with van der Waals surface area (Å²) in [5, 5.41) is 0. The molecule has 1 aliphatic heterocycles. The fourth-order valence-electron chi connectivity index (χ4n) is 2.45. The first-order chi connectivity index (χ1) is 10.3. The Morgan fingerprint density at radius 2 is 1.95 bits per heavy atom. The van der Waals surface area contributed by atoms with Crippen LogP contribution in [-0.2, 0) is 10.0 Å². The maximum absolute atomic E-state index is 12.0. The minimum Gasteiger partial charge on any atom is -0.370 e.